The first-order valence-corrected chi connectivity index (χ1v) is 3.61. The monoisotopic (exact) mass is 184 g/mol. The molecule has 0 spiro atoms. The molecule has 0 unspecified atom stereocenters. The average Bonchev–Trinajstić information content (AvgIpc) is 1.99. The third-order valence-electron chi connectivity index (χ3n) is 1.12. The van der Waals surface area contributed by atoms with Gasteiger partial charge in [0.15, 0.2) is 5.76 Å². The van der Waals surface area contributed by atoms with Crippen LogP contribution in [0.3, 0.4) is 0 Å². The highest BCUT2D eigenvalue weighted by Gasteiger charge is 2.16. The summed E-state index contributed by atoms with van der Waals surface area (Å²) in [5.74, 6) is -0.0147. The Hall–Kier alpha value is -1.78. The van der Waals surface area contributed by atoms with Crippen molar-refractivity contribution < 1.29 is 9.66 Å². The van der Waals surface area contributed by atoms with Crippen LogP contribution < -0.4 is 5.73 Å². The molecule has 0 aromatic carbocycles. The third-order valence-corrected chi connectivity index (χ3v) is 1.12. The smallest absolute Gasteiger partial charge is 0.312 e. The minimum atomic E-state index is -0.615. The first-order valence-electron chi connectivity index (χ1n) is 3.61. The van der Waals surface area contributed by atoms with Crippen molar-refractivity contribution >= 4 is 0 Å². The fourth-order valence-corrected chi connectivity index (χ4v) is 0.659. The van der Waals surface area contributed by atoms with Gasteiger partial charge in [-0.25, -0.2) is 0 Å². The molecule has 13 heavy (non-hydrogen) atoms. The van der Waals surface area contributed by atoms with Crippen LogP contribution >= 0.6 is 0 Å². The van der Waals surface area contributed by atoms with Crippen molar-refractivity contribution in [1.82, 2.24) is 0 Å². The highest BCUT2D eigenvalue weighted by Crippen LogP contribution is 2.10. The van der Waals surface area contributed by atoms with Crippen molar-refractivity contribution in [2.75, 3.05) is 6.61 Å². The minimum Gasteiger partial charge on any atom is -0.488 e. The summed E-state index contributed by atoms with van der Waals surface area (Å²) in [6.07, 6.45) is 1.11. The van der Waals surface area contributed by atoms with Crippen molar-refractivity contribution in [3.8, 4) is 0 Å². The van der Waals surface area contributed by atoms with Gasteiger partial charge >= 0.3 is 5.70 Å². The van der Waals surface area contributed by atoms with Crippen LogP contribution in [0.1, 0.15) is 6.92 Å². The number of rotatable bonds is 5. The molecule has 0 heterocycles. The van der Waals surface area contributed by atoms with Crippen LogP contribution in [0.15, 0.2) is 36.4 Å². The summed E-state index contributed by atoms with van der Waals surface area (Å²) >= 11 is 0. The molecule has 0 radical (unpaired) electrons. The van der Waals surface area contributed by atoms with E-state index < -0.39 is 4.92 Å². The van der Waals surface area contributed by atoms with Crippen molar-refractivity contribution in [2.45, 2.75) is 6.92 Å². The summed E-state index contributed by atoms with van der Waals surface area (Å²) in [7, 11) is 0. The maximum atomic E-state index is 10.5. The molecule has 0 fully saturated rings. The van der Waals surface area contributed by atoms with E-state index in [0.717, 1.165) is 6.08 Å². The molecule has 5 heteroatoms. The van der Waals surface area contributed by atoms with E-state index in [1.807, 2.05) is 0 Å². The van der Waals surface area contributed by atoms with Crippen LogP contribution in [0.25, 0.3) is 0 Å². The van der Waals surface area contributed by atoms with Gasteiger partial charge in [0, 0.05) is 11.8 Å². The molecule has 0 bridgehead atoms. The van der Waals surface area contributed by atoms with Gasteiger partial charge in [0.1, 0.15) is 0 Å². The lowest BCUT2D eigenvalue weighted by atomic mass is 10.3. The number of nitro groups is 1. The largest absolute Gasteiger partial charge is 0.488 e. The molecule has 0 aromatic heterocycles. The van der Waals surface area contributed by atoms with E-state index in [-0.39, 0.29) is 17.2 Å². The van der Waals surface area contributed by atoms with Gasteiger partial charge in [-0.05, 0) is 13.5 Å². The zero-order valence-corrected chi connectivity index (χ0v) is 7.45. The molecule has 0 amide bonds. The predicted octanol–water partition coefficient (Wildman–Crippen LogP) is 1.17. The molecular weight excluding hydrogens is 172 g/mol. The maximum Gasteiger partial charge on any atom is 0.312 e. The van der Waals surface area contributed by atoms with E-state index in [1.54, 1.807) is 6.92 Å². The lowest BCUT2D eigenvalue weighted by Gasteiger charge is -2.03. The van der Waals surface area contributed by atoms with E-state index in [4.69, 9.17) is 10.5 Å². The number of nitrogens with zero attached hydrogens (tertiary/aromatic N) is 1. The Morgan fingerprint density at radius 1 is 1.69 bits per heavy atom. The minimum absolute atomic E-state index is 0.0147. The molecule has 2 N–H and O–H groups in total. The Morgan fingerprint density at radius 2 is 2.23 bits per heavy atom. The first kappa shape index (κ1) is 11.2. The second kappa shape index (κ2) is 4.97. The zero-order chi connectivity index (χ0) is 10.4. The van der Waals surface area contributed by atoms with E-state index in [1.165, 1.54) is 0 Å². The van der Waals surface area contributed by atoms with Gasteiger partial charge < -0.3 is 10.5 Å². The summed E-state index contributed by atoms with van der Waals surface area (Å²) in [5.41, 5.74) is 5.01. The summed E-state index contributed by atoms with van der Waals surface area (Å²) < 4.78 is 4.87. The number of hydrogen-bond donors (Lipinski definition) is 1. The second-order valence-corrected chi connectivity index (χ2v) is 2.22. The molecule has 0 aromatic rings. The second-order valence-electron chi connectivity index (χ2n) is 2.22. The van der Waals surface area contributed by atoms with Crippen LogP contribution in [0.4, 0.5) is 0 Å². The van der Waals surface area contributed by atoms with Crippen LogP contribution in [0, 0.1) is 10.1 Å². The molecule has 5 nitrogen and oxygen atoms in total. The highest BCUT2D eigenvalue weighted by molar-refractivity contribution is 5.24. The van der Waals surface area contributed by atoms with Crippen molar-refractivity contribution in [3.05, 3.63) is 46.5 Å². The molecule has 0 atom stereocenters. The average molecular weight is 184 g/mol. The third kappa shape index (κ3) is 3.95. The summed E-state index contributed by atoms with van der Waals surface area (Å²) in [5, 5.41) is 10.5. The molecule has 0 saturated carbocycles. The van der Waals surface area contributed by atoms with Gasteiger partial charge in [-0.1, -0.05) is 6.58 Å². The molecule has 0 saturated heterocycles. The molecule has 0 aliphatic rings. The van der Waals surface area contributed by atoms with Crippen LogP contribution in [-0.2, 0) is 4.74 Å². The van der Waals surface area contributed by atoms with Crippen LogP contribution in [0.5, 0.6) is 0 Å². The first-order chi connectivity index (χ1) is 5.99. The molecule has 72 valence electrons. The summed E-state index contributed by atoms with van der Waals surface area (Å²) in [4.78, 5) is 9.84. The lowest BCUT2D eigenvalue weighted by molar-refractivity contribution is -0.424. The summed E-state index contributed by atoms with van der Waals surface area (Å²) in [6.45, 7) is 8.74. The number of hydrogen-bond acceptors (Lipinski definition) is 4. The standard InChI is InChI=1S/C8H12N2O3/c1-4-13-7(3)8(10(11)12)5-6(2)9/h5H,2-4,9H2,1H3/b8-5+. The number of allylic oxidation sites excluding steroid dienone is 1. The molecular formula is C8H12N2O3. The molecule has 0 rings (SSSR count). The van der Waals surface area contributed by atoms with Crippen LogP contribution in [0.2, 0.25) is 0 Å². The Bertz CT molecular complexity index is 269. The Kier molecular flexibility index (Phi) is 4.29. The topological polar surface area (TPSA) is 78.4 Å². The zero-order valence-electron chi connectivity index (χ0n) is 7.45. The van der Waals surface area contributed by atoms with E-state index in [9.17, 15) is 10.1 Å². The normalized spacial score (nSPS) is 10.7. The van der Waals surface area contributed by atoms with Gasteiger partial charge in [0.05, 0.1) is 11.5 Å². The quantitative estimate of drug-likeness (QED) is 0.301. The Labute approximate surface area is 76.3 Å². The summed E-state index contributed by atoms with van der Waals surface area (Å²) in [6, 6.07) is 0. The van der Waals surface area contributed by atoms with Gasteiger partial charge in [-0.15, -0.1) is 0 Å². The molecule has 0 aliphatic heterocycles. The van der Waals surface area contributed by atoms with Gasteiger partial charge in [0.2, 0.25) is 0 Å². The Balaban J connectivity index is 4.71. The van der Waals surface area contributed by atoms with E-state index >= 15 is 0 Å². The SMILES string of the molecule is C=C(N)/C=C(\C(=C)OCC)[N+](=O)[O-]. The van der Waals surface area contributed by atoms with Gasteiger partial charge in [-0.3, -0.25) is 10.1 Å². The van der Waals surface area contributed by atoms with Gasteiger partial charge in [0.25, 0.3) is 0 Å². The molecule has 0 aliphatic carbocycles. The highest BCUT2D eigenvalue weighted by atomic mass is 16.6. The van der Waals surface area contributed by atoms with Crippen molar-refractivity contribution in [1.29, 1.82) is 0 Å². The van der Waals surface area contributed by atoms with Crippen molar-refractivity contribution in [3.63, 3.8) is 0 Å². The maximum absolute atomic E-state index is 10.5. The Morgan fingerprint density at radius 3 is 2.54 bits per heavy atom. The van der Waals surface area contributed by atoms with Gasteiger partial charge in [-0.2, -0.15) is 0 Å². The van der Waals surface area contributed by atoms with E-state index in [0.29, 0.717) is 6.61 Å². The number of nitrogens with two attached hydrogens (primary N) is 1. The fourth-order valence-electron chi connectivity index (χ4n) is 0.659. The predicted molar refractivity (Wildman–Crippen MR) is 49.2 cm³/mol. The van der Waals surface area contributed by atoms with E-state index in [2.05, 4.69) is 13.2 Å². The van der Waals surface area contributed by atoms with Crippen molar-refractivity contribution in [2.24, 2.45) is 5.73 Å². The number of ether oxygens (including phenoxy) is 1. The van der Waals surface area contributed by atoms with Crippen LogP contribution in [-0.4, -0.2) is 11.5 Å². The fraction of sp³-hybridized carbons (Fsp3) is 0.250. The lowest BCUT2D eigenvalue weighted by Crippen LogP contribution is -2.06.